The SMILES string of the molecule is Cc1cccc(C)c1OCCn1cc(/C=C2/C(=N)N3N=C(COc4ccccc4)SC3=NC2=O)c2ccccc21. The lowest BCUT2D eigenvalue weighted by atomic mass is 10.1. The lowest BCUT2D eigenvalue weighted by Crippen LogP contribution is -2.35. The van der Waals surface area contributed by atoms with Gasteiger partial charge in [0, 0.05) is 22.7 Å². The molecular weight excluding hydrogens is 522 g/mol. The number of carbonyl (C=O) groups is 1. The van der Waals surface area contributed by atoms with Crippen LogP contribution in [0.2, 0.25) is 0 Å². The van der Waals surface area contributed by atoms with E-state index in [2.05, 4.69) is 14.7 Å². The van der Waals surface area contributed by atoms with Crippen LogP contribution in [0.15, 0.2) is 94.7 Å². The monoisotopic (exact) mass is 549 g/mol. The minimum absolute atomic E-state index is 0.00703. The minimum Gasteiger partial charge on any atom is -0.491 e. The Hall–Kier alpha value is -4.63. The van der Waals surface area contributed by atoms with Crippen molar-refractivity contribution in [2.75, 3.05) is 13.2 Å². The van der Waals surface area contributed by atoms with Gasteiger partial charge in [0.05, 0.1) is 12.1 Å². The van der Waals surface area contributed by atoms with Gasteiger partial charge in [-0.05, 0) is 61.0 Å². The molecule has 4 aromatic rings. The summed E-state index contributed by atoms with van der Waals surface area (Å²) in [5.74, 6) is 1.17. The number of aliphatic imine (C=N–C) groups is 1. The van der Waals surface area contributed by atoms with Crippen molar-refractivity contribution in [1.82, 2.24) is 9.58 Å². The average molecular weight is 550 g/mol. The zero-order valence-electron chi connectivity index (χ0n) is 22.1. The molecule has 0 aliphatic carbocycles. The van der Waals surface area contributed by atoms with E-state index < -0.39 is 5.91 Å². The van der Waals surface area contributed by atoms with Crippen LogP contribution < -0.4 is 9.47 Å². The van der Waals surface area contributed by atoms with Crippen molar-refractivity contribution >= 4 is 50.7 Å². The van der Waals surface area contributed by atoms with E-state index in [1.165, 1.54) is 16.8 Å². The Kier molecular flexibility index (Phi) is 6.96. The molecule has 40 heavy (non-hydrogen) atoms. The number of aryl methyl sites for hydroxylation is 2. The summed E-state index contributed by atoms with van der Waals surface area (Å²) in [6.45, 7) is 5.44. The van der Waals surface area contributed by atoms with Crippen LogP contribution in [0.5, 0.6) is 11.5 Å². The Labute approximate surface area is 236 Å². The second kappa shape index (κ2) is 10.9. The number of nitrogens with one attached hydrogen (secondary N) is 1. The number of hydrogen-bond donors (Lipinski definition) is 1. The molecule has 6 rings (SSSR count). The zero-order valence-corrected chi connectivity index (χ0v) is 22.9. The number of nitrogens with zero attached hydrogens (tertiary/aromatic N) is 4. The molecule has 0 spiro atoms. The molecule has 3 heterocycles. The van der Waals surface area contributed by atoms with E-state index in [9.17, 15) is 4.79 Å². The number of para-hydroxylation sites is 3. The number of benzene rings is 3. The fraction of sp³-hybridized carbons (Fsp3) is 0.161. The number of rotatable bonds is 8. The molecule has 0 fully saturated rings. The highest BCUT2D eigenvalue weighted by Gasteiger charge is 2.36. The van der Waals surface area contributed by atoms with Crippen molar-refractivity contribution in [3.8, 4) is 11.5 Å². The second-order valence-electron chi connectivity index (χ2n) is 9.48. The van der Waals surface area contributed by atoms with Gasteiger partial charge in [0.1, 0.15) is 29.8 Å². The van der Waals surface area contributed by atoms with Crippen molar-refractivity contribution in [2.24, 2.45) is 10.1 Å². The number of fused-ring (bicyclic) bond motifs is 2. The average Bonchev–Trinajstić information content (AvgIpc) is 3.53. The predicted molar refractivity (Wildman–Crippen MR) is 160 cm³/mol. The van der Waals surface area contributed by atoms with Crippen LogP contribution in [0.1, 0.15) is 16.7 Å². The van der Waals surface area contributed by atoms with E-state index in [0.717, 1.165) is 39.1 Å². The third kappa shape index (κ3) is 5.03. The summed E-state index contributed by atoms with van der Waals surface area (Å²) in [7, 11) is 0. The standard InChI is InChI=1S/C31H27N5O3S/c1-20-9-8-10-21(2)28(20)38-16-15-35-18-22(24-13-6-7-14-26(24)35)17-25-29(32)36-31(33-30(25)37)40-27(34-36)19-39-23-11-4-3-5-12-23/h3-14,17-18,32H,15-16,19H2,1-2H3/b25-17-,32-29?. The van der Waals surface area contributed by atoms with E-state index in [4.69, 9.17) is 14.9 Å². The number of carbonyl (C=O) groups excluding carboxylic acids is 1. The summed E-state index contributed by atoms with van der Waals surface area (Å²) in [4.78, 5) is 17.3. The van der Waals surface area contributed by atoms with Crippen molar-refractivity contribution in [2.45, 2.75) is 20.4 Å². The summed E-state index contributed by atoms with van der Waals surface area (Å²) in [6.07, 6.45) is 3.72. The number of thioether (sulfide) groups is 1. The first-order valence-corrected chi connectivity index (χ1v) is 13.7. The van der Waals surface area contributed by atoms with Crippen LogP contribution in [-0.4, -0.2) is 44.7 Å². The summed E-state index contributed by atoms with van der Waals surface area (Å²) in [6, 6.07) is 23.6. The van der Waals surface area contributed by atoms with E-state index in [1.54, 1.807) is 6.08 Å². The van der Waals surface area contributed by atoms with Gasteiger partial charge in [-0.3, -0.25) is 10.2 Å². The Morgan fingerprint density at radius 1 is 0.950 bits per heavy atom. The molecule has 0 bridgehead atoms. The topological polar surface area (TPSA) is 92.3 Å². The Morgan fingerprint density at radius 3 is 2.50 bits per heavy atom. The van der Waals surface area contributed by atoms with Gasteiger partial charge in [0.15, 0.2) is 5.84 Å². The molecule has 0 saturated heterocycles. The van der Waals surface area contributed by atoms with E-state index in [0.29, 0.717) is 23.4 Å². The Morgan fingerprint density at radius 2 is 1.70 bits per heavy atom. The first kappa shape index (κ1) is 25.6. The highest BCUT2D eigenvalue weighted by atomic mass is 32.2. The molecule has 0 saturated carbocycles. The highest BCUT2D eigenvalue weighted by Crippen LogP contribution is 2.31. The van der Waals surface area contributed by atoms with Crippen LogP contribution in [-0.2, 0) is 11.3 Å². The van der Waals surface area contributed by atoms with Crippen molar-refractivity contribution < 1.29 is 14.3 Å². The van der Waals surface area contributed by atoms with Gasteiger partial charge >= 0.3 is 0 Å². The molecule has 9 heteroatoms. The molecule has 200 valence electrons. The molecule has 0 radical (unpaired) electrons. The largest absolute Gasteiger partial charge is 0.491 e. The van der Waals surface area contributed by atoms with E-state index in [-0.39, 0.29) is 18.0 Å². The Balaban J connectivity index is 1.22. The summed E-state index contributed by atoms with van der Waals surface area (Å²) in [5.41, 5.74) is 4.25. The summed E-state index contributed by atoms with van der Waals surface area (Å²) >= 11 is 1.24. The van der Waals surface area contributed by atoms with Crippen molar-refractivity contribution in [3.05, 3.63) is 101 Å². The van der Waals surface area contributed by atoms with Gasteiger partial charge in [-0.25, -0.2) is 0 Å². The van der Waals surface area contributed by atoms with E-state index >= 15 is 0 Å². The van der Waals surface area contributed by atoms with Crippen LogP contribution in [0.4, 0.5) is 0 Å². The number of amidine groups is 2. The van der Waals surface area contributed by atoms with Crippen LogP contribution in [0, 0.1) is 19.3 Å². The third-order valence-electron chi connectivity index (χ3n) is 6.71. The van der Waals surface area contributed by atoms with Gasteiger partial charge in [0.25, 0.3) is 5.91 Å². The fourth-order valence-corrected chi connectivity index (χ4v) is 5.55. The fourth-order valence-electron chi connectivity index (χ4n) is 4.76. The normalized spacial score (nSPS) is 15.8. The molecule has 1 amide bonds. The highest BCUT2D eigenvalue weighted by molar-refractivity contribution is 8.27. The number of aromatic nitrogens is 1. The first-order chi connectivity index (χ1) is 19.5. The minimum atomic E-state index is -0.459. The molecule has 0 unspecified atom stereocenters. The number of hydrazone groups is 1. The third-order valence-corrected chi connectivity index (χ3v) is 7.59. The van der Waals surface area contributed by atoms with E-state index in [1.807, 2.05) is 92.8 Å². The quantitative estimate of drug-likeness (QED) is 0.271. The molecule has 3 aromatic carbocycles. The lowest BCUT2D eigenvalue weighted by molar-refractivity contribution is -0.114. The van der Waals surface area contributed by atoms with Crippen molar-refractivity contribution in [3.63, 3.8) is 0 Å². The molecule has 2 aliphatic rings. The lowest BCUT2D eigenvalue weighted by Gasteiger charge is -2.20. The van der Waals surface area contributed by atoms with Gasteiger partial charge in [-0.2, -0.15) is 15.1 Å². The van der Waals surface area contributed by atoms with Crippen LogP contribution in [0.25, 0.3) is 17.0 Å². The maximum absolute atomic E-state index is 13.0. The summed E-state index contributed by atoms with van der Waals surface area (Å²) < 4.78 is 14.0. The number of amides is 1. The van der Waals surface area contributed by atoms with Gasteiger partial charge < -0.3 is 14.0 Å². The van der Waals surface area contributed by atoms with Crippen LogP contribution >= 0.6 is 11.8 Å². The summed E-state index contributed by atoms with van der Waals surface area (Å²) in [5, 5.41) is 16.6. The maximum atomic E-state index is 13.0. The molecule has 2 aliphatic heterocycles. The smallest absolute Gasteiger partial charge is 0.283 e. The van der Waals surface area contributed by atoms with Gasteiger partial charge in [0.2, 0.25) is 5.17 Å². The maximum Gasteiger partial charge on any atom is 0.283 e. The van der Waals surface area contributed by atoms with Gasteiger partial charge in [-0.1, -0.05) is 54.6 Å². The Bertz CT molecular complexity index is 1700. The second-order valence-corrected chi connectivity index (χ2v) is 10.5. The predicted octanol–water partition coefficient (Wildman–Crippen LogP) is 6.04. The number of hydrogen-bond acceptors (Lipinski definition) is 6. The molecule has 1 N–H and O–H groups in total. The first-order valence-electron chi connectivity index (χ1n) is 12.9. The zero-order chi connectivity index (χ0) is 27.6. The molecular formula is C31H27N5O3S. The molecule has 8 nitrogen and oxygen atoms in total. The number of ether oxygens (including phenoxy) is 2. The van der Waals surface area contributed by atoms with Crippen molar-refractivity contribution in [1.29, 1.82) is 5.41 Å². The van der Waals surface area contributed by atoms with Crippen LogP contribution in [0.3, 0.4) is 0 Å². The molecule has 0 atom stereocenters. The molecule has 1 aromatic heterocycles. The van der Waals surface area contributed by atoms with Gasteiger partial charge in [-0.15, -0.1) is 0 Å².